The average Bonchev–Trinajstić information content (AvgIpc) is 2.38. The molecule has 0 bridgehead atoms. The number of rotatable bonds is 1. The Balaban J connectivity index is 2.53. The molecule has 4 heteroatoms. The van der Waals surface area contributed by atoms with Gasteiger partial charge in [0.2, 0.25) is 0 Å². The van der Waals surface area contributed by atoms with Crippen LogP contribution in [0.5, 0.6) is 0 Å². The Bertz CT molecular complexity index is 825. The van der Waals surface area contributed by atoms with Crippen LogP contribution in [0.15, 0.2) is 42.5 Å². The molecule has 0 atom stereocenters. The van der Waals surface area contributed by atoms with E-state index in [0.717, 1.165) is 6.07 Å². The van der Waals surface area contributed by atoms with Gasteiger partial charge in [0.1, 0.15) is 11.6 Å². The van der Waals surface area contributed by atoms with Gasteiger partial charge in [-0.2, -0.15) is 0 Å². The molecule has 0 fully saturated rings. The number of carboxylic acid groups (broad SMARTS) is 1. The molecular weight excluding hydrogens is 250 g/mol. The fourth-order valence-electron chi connectivity index (χ4n) is 2.23. The smallest absolute Gasteiger partial charge is 0.336 e. The van der Waals surface area contributed by atoms with Crippen molar-refractivity contribution in [1.29, 1.82) is 0 Å². The number of hydrogen-bond acceptors (Lipinski definition) is 1. The van der Waals surface area contributed by atoms with Crippen molar-refractivity contribution in [1.82, 2.24) is 0 Å². The van der Waals surface area contributed by atoms with Crippen LogP contribution in [0.25, 0.3) is 21.5 Å². The summed E-state index contributed by atoms with van der Waals surface area (Å²) in [6.45, 7) is 0. The molecule has 0 aliphatic rings. The number of halogens is 2. The molecule has 3 aromatic carbocycles. The molecule has 0 saturated carbocycles. The molecule has 3 rings (SSSR count). The van der Waals surface area contributed by atoms with E-state index in [1.807, 2.05) is 0 Å². The van der Waals surface area contributed by atoms with E-state index in [-0.39, 0.29) is 21.7 Å². The third-order valence-electron chi connectivity index (χ3n) is 3.14. The molecule has 94 valence electrons. The minimum absolute atomic E-state index is 0.00237. The van der Waals surface area contributed by atoms with Gasteiger partial charge >= 0.3 is 5.97 Å². The zero-order valence-corrected chi connectivity index (χ0v) is 9.65. The number of hydrogen-bond donors (Lipinski definition) is 1. The minimum Gasteiger partial charge on any atom is -0.478 e. The third-order valence-corrected chi connectivity index (χ3v) is 3.14. The van der Waals surface area contributed by atoms with Crippen molar-refractivity contribution in [3.05, 3.63) is 59.7 Å². The molecule has 0 radical (unpaired) electrons. The van der Waals surface area contributed by atoms with Gasteiger partial charge in [0, 0.05) is 10.8 Å². The molecule has 0 aliphatic carbocycles. The molecule has 0 aromatic heterocycles. The fourth-order valence-corrected chi connectivity index (χ4v) is 2.23. The van der Waals surface area contributed by atoms with Crippen LogP contribution in [0.3, 0.4) is 0 Å². The van der Waals surface area contributed by atoms with Crippen molar-refractivity contribution in [3.8, 4) is 0 Å². The second-order valence-corrected chi connectivity index (χ2v) is 4.26. The van der Waals surface area contributed by atoms with Gasteiger partial charge in [-0.3, -0.25) is 0 Å². The van der Waals surface area contributed by atoms with Crippen LogP contribution in [0, 0.1) is 11.6 Å². The standard InChI is InChI=1S/C15H8F2O2/c16-13-3-1-2-8-6-11-9(15(18)19)4-5-14(17)12(11)7-10(8)13/h1-7H,(H,18,19). The highest BCUT2D eigenvalue weighted by atomic mass is 19.1. The maximum atomic E-state index is 13.8. The Labute approximate surface area is 106 Å². The number of fused-ring (bicyclic) bond motifs is 2. The van der Waals surface area contributed by atoms with Gasteiger partial charge in [-0.1, -0.05) is 12.1 Å². The largest absolute Gasteiger partial charge is 0.478 e. The van der Waals surface area contributed by atoms with Crippen LogP contribution in [0.4, 0.5) is 8.78 Å². The topological polar surface area (TPSA) is 37.3 Å². The SMILES string of the molecule is O=C(O)c1ccc(F)c2cc3c(F)cccc3cc12. The second kappa shape index (κ2) is 4.02. The van der Waals surface area contributed by atoms with Crippen LogP contribution in [0.2, 0.25) is 0 Å². The summed E-state index contributed by atoms with van der Waals surface area (Å²) >= 11 is 0. The van der Waals surface area contributed by atoms with Crippen molar-refractivity contribution < 1.29 is 18.7 Å². The van der Waals surface area contributed by atoms with Gasteiger partial charge in [0.25, 0.3) is 0 Å². The van der Waals surface area contributed by atoms with Gasteiger partial charge in [0.15, 0.2) is 0 Å². The van der Waals surface area contributed by atoms with Crippen molar-refractivity contribution in [2.24, 2.45) is 0 Å². The maximum Gasteiger partial charge on any atom is 0.336 e. The molecule has 0 spiro atoms. The van der Waals surface area contributed by atoms with Gasteiger partial charge in [-0.05, 0) is 41.1 Å². The van der Waals surface area contributed by atoms with E-state index in [2.05, 4.69) is 0 Å². The first-order valence-corrected chi connectivity index (χ1v) is 5.62. The normalized spacial score (nSPS) is 11.1. The lowest BCUT2D eigenvalue weighted by molar-refractivity contribution is 0.0699. The van der Waals surface area contributed by atoms with Crippen LogP contribution < -0.4 is 0 Å². The zero-order chi connectivity index (χ0) is 13.6. The Morgan fingerprint density at radius 2 is 1.63 bits per heavy atom. The van der Waals surface area contributed by atoms with E-state index in [1.165, 1.54) is 30.3 Å². The zero-order valence-electron chi connectivity index (χ0n) is 9.65. The summed E-state index contributed by atoms with van der Waals surface area (Å²) in [6.07, 6.45) is 0. The highest BCUT2D eigenvalue weighted by molar-refractivity contribution is 6.08. The van der Waals surface area contributed by atoms with Crippen molar-refractivity contribution in [2.45, 2.75) is 0 Å². The Kier molecular flexibility index (Phi) is 2.45. The minimum atomic E-state index is -1.14. The molecule has 19 heavy (non-hydrogen) atoms. The first-order chi connectivity index (χ1) is 9.08. The van der Waals surface area contributed by atoms with Crippen LogP contribution >= 0.6 is 0 Å². The van der Waals surface area contributed by atoms with Crippen LogP contribution in [-0.4, -0.2) is 11.1 Å². The summed E-state index contributed by atoms with van der Waals surface area (Å²) in [5, 5.41) is 10.3. The van der Waals surface area contributed by atoms with E-state index in [9.17, 15) is 13.6 Å². The quantitative estimate of drug-likeness (QED) is 0.670. The molecule has 0 amide bonds. The summed E-state index contributed by atoms with van der Waals surface area (Å²) in [4.78, 5) is 11.1. The van der Waals surface area contributed by atoms with Crippen LogP contribution in [0.1, 0.15) is 10.4 Å². The molecule has 0 aliphatic heterocycles. The lowest BCUT2D eigenvalue weighted by Gasteiger charge is -2.07. The van der Waals surface area contributed by atoms with Gasteiger partial charge < -0.3 is 5.11 Å². The Morgan fingerprint density at radius 1 is 0.895 bits per heavy atom. The van der Waals surface area contributed by atoms with Crippen molar-refractivity contribution >= 4 is 27.5 Å². The van der Waals surface area contributed by atoms with E-state index < -0.39 is 17.6 Å². The summed E-state index contributed by atoms with van der Waals surface area (Å²) in [5.74, 6) is -2.16. The van der Waals surface area contributed by atoms with Crippen LogP contribution in [-0.2, 0) is 0 Å². The predicted octanol–water partition coefficient (Wildman–Crippen LogP) is 3.97. The predicted molar refractivity (Wildman–Crippen MR) is 68.3 cm³/mol. The number of carboxylic acids is 1. The fraction of sp³-hybridized carbons (Fsp3) is 0. The van der Waals surface area contributed by atoms with Gasteiger partial charge in [0.05, 0.1) is 5.56 Å². The van der Waals surface area contributed by atoms with E-state index >= 15 is 0 Å². The second-order valence-electron chi connectivity index (χ2n) is 4.26. The Morgan fingerprint density at radius 3 is 2.37 bits per heavy atom. The van der Waals surface area contributed by atoms with Crippen molar-refractivity contribution in [3.63, 3.8) is 0 Å². The summed E-state index contributed by atoms with van der Waals surface area (Å²) in [7, 11) is 0. The molecule has 0 unspecified atom stereocenters. The number of aromatic carboxylic acids is 1. The van der Waals surface area contributed by atoms with Gasteiger partial charge in [-0.15, -0.1) is 0 Å². The summed E-state index contributed by atoms with van der Waals surface area (Å²) in [6, 6.07) is 9.62. The first kappa shape index (κ1) is 11.6. The lowest BCUT2D eigenvalue weighted by atomic mass is 9.99. The highest BCUT2D eigenvalue weighted by Gasteiger charge is 2.13. The highest BCUT2D eigenvalue weighted by Crippen LogP contribution is 2.29. The van der Waals surface area contributed by atoms with Gasteiger partial charge in [-0.25, -0.2) is 13.6 Å². The molecule has 0 saturated heterocycles. The molecule has 1 N–H and O–H groups in total. The molecule has 0 heterocycles. The first-order valence-electron chi connectivity index (χ1n) is 5.62. The molecule has 3 aromatic rings. The molecular formula is C15H8F2O2. The monoisotopic (exact) mass is 258 g/mol. The van der Waals surface area contributed by atoms with E-state index in [0.29, 0.717) is 5.39 Å². The lowest BCUT2D eigenvalue weighted by Crippen LogP contribution is -1.98. The summed E-state index contributed by atoms with van der Waals surface area (Å²) < 4.78 is 27.4. The summed E-state index contributed by atoms with van der Waals surface area (Å²) in [5.41, 5.74) is 0.00237. The number of benzene rings is 3. The average molecular weight is 258 g/mol. The number of carbonyl (C=O) groups is 1. The van der Waals surface area contributed by atoms with Crippen molar-refractivity contribution in [2.75, 3.05) is 0 Å². The Hall–Kier alpha value is -2.49. The maximum absolute atomic E-state index is 13.8. The van der Waals surface area contributed by atoms with E-state index in [1.54, 1.807) is 6.07 Å². The molecule has 2 nitrogen and oxygen atoms in total. The third kappa shape index (κ3) is 1.73. The van der Waals surface area contributed by atoms with E-state index in [4.69, 9.17) is 5.11 Å².